The Kier molecular flexibility index (Phi) is 13.8. The number of halogens is 2. The zero-order valence-corrected chi connectivity index (χ0v) is 14.8. The van der Waals surface area contributed by atoms with Gasteiger partial charge in [0.2, 0.25) is 0 Å². The van der Waals surface area contributed by atoms with E-state index in [0.717, 1.165) is 12.8 Å². The molecule has 0 heterocycles. The summed E-state index contributed by atoms with van der Waals surface area (Å²) in [5.41, 5.74) is 2.69. The van der Waals surface area contributed by atoms with E-state index in [1.807, 2.05) is 36.4 Å². The number of hydrogen-bond acceptors (Lipinski definition) is 0. The monoisotopic (exact) mass is 370 g/mol. The van der Waals surface area contributed by atoms with Gasteiger partial charge in [-0.3, -0.25) is 0 Å². The van der Waals surface area contributed by atoms with E-state index < -0.39 is 20.8 Å². The van der Waals surface area contributed by atoms with Crippen molar-refractivity contribution in [2.45, 2.75) is 12.8 Å². The van der Waals surface area contributed by atoms with E-state index in [1.54, 1.807) is 0 Å². The maximum absolute atomic E-state index is 4.93. The molecular weight excluding hydrogens is 354 g/mol. The Balaban J connectivity index is 0.000000284. The van der Waals surface area contributed by atoms with Crippen LogP contribution in [0.5, 0.6) is 0 Å². The number of hydrogen-bond donors (Lipinski definition) is 0. The van der Waals surface area contributed by atoms with Gasteiger partial charge >= 0.3 is 37.9 Å². The SMILES string of the molecule is C=CC[c-]1cccc1.C=CC[c-]1cccc1.[Cl][Zr+2][Cl]. The van der Waals surface area contributed by atoms with Gasteiger partial charge in [0.15, 0.2) is 0 Å². The van der Waals surface area contributed by atoms with Crippen LogP contribution in [-0.2, 0) is 33.7 Å². The summed E-state index contributed by atoms with van der Waals surface area (Å²) in [7, 11) is 9.87. The van der Waals surface area contributed by atoms with Crippen LogP contribution in [0.25, 0.3) is 0 Å². The molecule has 0 bridgehead atoms. The molecule has 2 aromatic rings. The summed E-state index contributed by atoms with van der Waals surface area (Å²) in [6, 6.07) is 16.6. The Morgan fingerprint density at radius 3 is 1.26 bits per heavy atom. The quantitative estimate of drug-likeness (QED) is 0.481. The molecule has 100 valence electrons. The summed E-state index contributed by atoms with van der Waals surface area (Å²) in [5.74, 6) is 0. The molecule has 0 spiro atoms. The first-order chi connectivity index (χ1) is 9.28. The normalized spacial score (nSPS) is 8.11. The van der Waals surface area contributed by atoms with Gasteiger partial charge in [-0.15, -0.1) is 13.2 Å². The molecule has 0 aromatic heterocycles. The molecule has 0 saturated heterocycles. The van der Waals surface area contributed by atoms with Gasteiger partial charge in [-0.1, -0.05) is 25.0 Å². The van der Waals surface area contributed by atoms with Gasteiger partial charge in [-0.2, -0.15) is 35.4 Å². The molecular formula is C16H18Cl2Zr. The number of allylic oxidation sites excluding steroid dienone is 2. The van der Waals surface area contributed by atoms with Crippen LogP contribution in [0.4, 0.5) is 0 Å². The van der Waals surface area contributed by atoms with Crippen LogP contribution < -0.4 is 0 Å². The van der Waals surface area contributed by atoms with Crippen molar-refractivity contribution in [1.29, 1.82) is 0 Å². The van der Waals surface area contributed by atoms with Crippen molar-refractivity contribution in [2.75, 3.05) is 0 Å². The van der Waals surface area contributed by atoms with Gasteiger partial charge in [-0.05, 0) is 0 Å². The molecule has 0 radical (unpaired) electrons. The second-order valence-corrected chi connectivity index (χ2v) is 7.38. The van der Waals surface area contributed by atoms with Crippen molar-refractivity contribution >= 4 is 17.0 Å². The Labute approximate surface area is 135 Å². The molecule has 0 amide bonds. The van der Waals surface area contributed by atoms with Gasteiger partial charge in [0.05, 0.1) is 0 Å². The molecule has 0 saturated carbocycles. The first-order valence-corrected chi connectivity index (χ1v) is 12.2. The van der Waals surface area contributed by atoms with Crippen LogP contribution in [-0.4, -0.2) is 0 Å². The van der Waals surface area contributed by atoms with E-state index in [-0.39, 0.29) is 0 Å². The Morgan fingerprint density at radius 1 is 0.789 bits per heavy atom. The molecule has 3 heteroatoms. The Bertz CT molecular complexity index is 362. The summed E-state index contributed by atoms with van der Waals surface area (Å²) in [5, 5.41) is 0. The summed E-state index contributed by atoms with van der Waals surface area (Å²) >= 11 is -0.826. The van der Waals surface area contributed by atoms with Gasteiger partial charge in [-0.25, -0.2) is 24.3 Å². The van der Waals surface area contributed by atoms with Crippen molar-refractivity contribution in [3.8, 4) is 0 Å². The fourth-order valence-electron chi connectivity index (χ4n) is 1.43. The average Bonchev–Trinajstić information content (AvgIpc) is 3.05. The summed E-state index contributed by atoms with van der Waals surface area (Å²) in [4.78, 5) is 0. The molecule has 0 unspecified atom stereocenters. The van der Waals surface area contributed by atoms with Crippen LogP contribution in [0.2, 0.25) is 0 Å². The first kappa shape index (κ1) is 18.6. The van der Waals surface area contributed by atoms with Crippen LogP contribution in [0.1, 0.15) is 11.1 Å². The Hall–Kier alpha value is -0.357. The van der Waals surface area contributed by atoms with Gasteiger partial charge in [0.1, 0.15) is 0 Å². The molecule has 0 aliphatic rings. The van der Waals surface area contributed by atoms with Gasteiger partial charge < -0.3 is 0 Å². The van der Waals surface area contributed by atoms with Crippen molar-refractivity contribution < 1.29 is 20.8 Å². The standard InChI is InChI=1S/2C8H9.2ClH.Zr/c2*1-2-5-8-6-3-4-7-8;;;/h2*2-4,6-7H,1,5H2;2*1H;/q2*-1;;;+4/p-2. The molecule has 0 N–H and O–H groups in total. The van der Waals surface area contributed by atoms with Gasteiger partial charge in [0, 0.05) is 0 Å². The third kappa shape index (κ3) is 11.2. The molecule has 0 fully saturated rings. The zero-order valence-electron chi connectivity index (χ0n) is 10.9. The Morgan fingerprint density at radius 2 is 1.05 bits per heavy atom. The van der Waals surface area contributed by atoms with E-state index in [1.165, 1.54) is 11.1 Å². The van der Waals surface area contributed by atoms with E-state index in [9.17, 15) is 0 Å². The van der Waals surface area contributed by atoms with Crippen molar-refractivity contribution in [2.24, 2.45) is 0 Å². The van der Waals surface area contributed by atoms with Crippen LogP contribution in [0.15, 0.2) is 73.8 Å². The molecule has 0 nitrogen and oxygen atoms in total. The first-order valence-electron chi connectivity index (χ1n) is 5.87. The van der Waals surface area contributed by atoms with E-state index in [4.69, 9.17) is 17.0 Å². The predicted octanol–water partition coefficient (Wildman–Crippen LogP) is 5.64. The third-order valence-corrected chi connectivity index (χ3v) is 2.22. The van der Waals surface area contributed by atoms with Crippen LogP contribution in [0.3, 0.4) is 0 Å². The second-order valence-electron chi connectivity index (χ2n) is 3.64. The minimum absolute atomic E-state index is 0.826. The minimum atomic E-state index is -0.826. The fourth-order valence-corrected chi connectivity index (χ4v) is 1.43. The van der Waals surface area contributed by atoms with Crippen LogP contribution in [0, 0.1) is 0 Å². The average molecular weight is 372 g/mol. The topological polar surface area (TPSA) is 0 Å². The van der Waals surface area contributed by atoms with E-state index in [0.29, 0.717) is 0 Å². The van der Waals surface area contributed by atoms with E-state index >= 15 is 0 Å². The van der Waals surface area contributed by atoms with Crippen LogP contribution >= 0.6 is 17.0 Å². The van der Waals surface area contributed by atoms with Crippen molar-refractivity contribution in [3.05, 3.63) is 85.0 Å². The molecule has 0 aliphatic carbocycles. The summed E-state index contributed by atoms with van der Waals surface area (Å²) in [6.45, 7) is 7.27. The fraction of sp³-hybridized carbons (Fsp3) is 0.125. The van der Waals surface area contributed by atoms with E-state index in [2.05, 4.69) is 37.4 Å². The summed E-state index contributed by atoms with van der Waals surface area (Å²) in [6.07, 6.45) is 5.81. The predicted molar refractivity (Wildman–Crippen MR) is 83.6 cm³/mol. The van der Waals surface area contributed by atoms with Gasteiger partial charge in [0.25, 0.3) is 0 Å². The van der Waals surface area contributed by atoms with Crippen molar-refractivity contribution in [3.63, 3.8) is 0 Å². The molecule has 0 atom stereocenters. The molecule has 0 aliphatic heterocycles. The zero-order chi connectivity index (χ0) is 14.3. The molecule has 2 rings (SSSR count). The number of rotatable bonds is 4. The van der Waals surface area contributed by atoms with Crippen molar-refractivity contribution in [1.82, 2.24) is 0 Å². The maximum atomic E-state index is 4.93. The second kappa shape index (κ2) is 14.1. The molecule has 2 aromatic carbocycles. The third-order valence-electron chi connectivity index (χ3n) is 2.22. The molecule has 19 heavy (non-hydrogen) atoms. The summed E-state index contributed by atoms with van der Waals surface area (Å²) < 4.78 is 0.